The van der Waals surface area contributed by atoms with Crippen molar-refractivity contribution in [3.8, 4) is 11.8 Å². The van der Waals surface area contributed by atoms with Crippen molar-refractivity contribution < 1.29 is 29.0 Å². The first kappa shape index (κ1) is 42.4. The highest BCUT2D eigenvalue weighted by atomic mass is 16.2. The third-order valence-corrected chi connectivity index (χ3v) is 11.2. The van der Waals surface area contributed by atoms with Crippen LogP contribution in [0.3, 0.4) is 0 Å². The lowest BCUT2D eigenvalue weighted by molar-refractivity contribution is -0.140. The van der Waals surface area contributed by atoms with Gasteiger partial charge in [-0.2, -0.15) is 0 Å². The summed E-state index contributed by atoms with van der Waals surface area (Å²) in [5.74, 6) is 5.03. The lowest BCUT2D eigenvalue weighted by Crippen LogP contribution is -2.53. The number of nitrogens with one attached hydrogen (secondary N) is 2. The van der Waals surface area contributed by atoms with Crippen molar-refractivity contribution >= 4 is 55.7 Å². The molecule has 2 fully saturated rings. The normalized spacial score (nSPS) is 17.0. The van der Waals surface area contributed by atoms with Gasteiger partial charge >= 0.3 is 7.05 Å². The molecule has 2 aliphatic rings. The Hall–Kier alpha value is -6.16. The number of anilines is 2. The van der Waals surface area contributed by atoms with Crippen molar-refractivity contribution in [3.63, 3.8) is 0 Å². The number of hydrogen-bond donors (Lipinski definition) is 3. The number of amides is 5. The first-order valence-corrected chi connectivity index (χ1v) is 20.1. The summed E-state index contributed by atoms with van der Waals surface area (Å²) in [4.78, 5) is 73.3. The van der Waals surface area contributed by atoms with E-state index in [1.807, 2.05) is 84.9 Å². The van der Waals surface area contributed by atoms with E-state index in [1.165, 1.54) is 12.7 Å². The number of carbonyl (C=O) groups excluding carboxylic acids is 5. The van der Waals surface area contributed by atoms with Crippen LogP contribution in [0.1, 0.15) is 54.0 Å². The molecule has 302 valence electrons. The van der Waals surface area contributed by atoms with Gasteiger partial charge in [-0.05, 0) is 99.2 Å². The van der Waals surface area contributed by atoms with E-state index in [0.29, 0.717) is 56.6 Å². The second-order valence-electron chi connectivity index (χ2n) is 15.2. The number of benzene rings is 4. The molecule has 14 heteroatoms. The molecule has 0 aromatic heterocycles. The number of carbonyl (C=O) groups is 5. The highest BCUT2D eigenvalue weighted by Gasteiger charge is 2.41. The van der Waals surface area contributed by atoms with Crippen LogP contribution in [0.15, 0.2) is 109 Å². The molecule has 59 heavy (non-hydrogen) atoms. The van der Waals surface area contributed by atoms with Crippen molar-refractivity contribution in [1.29, 1.82) is 0 Å². The smallest absolute Gasteiger partial charge is 0.377 e. The molecule has 0 spiro atoms. The molecular weight excluding hydrogens is 742 g/mol. The van der Waals surface area contributed by atoms with Gasteiger partial charge in [-0.25, -0.2) is 0 Å². The van der Waals surface area contributed by atoms with E-state index in [1.54, 1.807) is 59.8 Å². The zero-order valence-corrected chi connectivity index (χ0v) is 34.0. The second-order valence-corrected chi connectivity index (χ2v) is 15.2. The molecule has 5 amide bonds. The maximum atomic E-state index is 13.9. The molecule has 4 aromatic rings. The maximum absolute atomic E-state index is 13.9. The zero-order chi connectivity index (χ0) is 42.1. The highest BCUT2D eigenvalue weighted by Crippen LogP contribution is 2.29. The molecule has 4 atom stereocenters. The predicted molar refractivity (Wildman–Crippen MR) is 232 cm³/mol. The van der Waals surface area contributed by atoms with Crippen LogP contribution in [0.5, 0.6) is 0 Å². The average molecular weight is 793 g/mol. The van der Waals surface area contributed by atoms with Gasteiger partial charge in [0.1, 0.15) is 24.2 Å². The monoisotopic (exact) mass is 792 g/mol. The molecule has 0 aliphatic carbocycles. The SMILES string of the molecule is BC(=O)N(C)[C@@H](Cc1ccccc1)C(=O)N1CCC[C@H]1C(=O)Nc1ccc(C#Cc2ccc(NC(=O)[C@@H]3CCCN3C(=O)[C@H](c3ccccc3)N(C)B(C)O)cc2)cc1. The quantitative estimate of drug-likeness (QED) is 0.145. The molecule has 6 rings (SSSR count). The van der Waals surface area contributed by atoms with Crippen molar-refractivity contribution in [2.45, 2.75) is 63.1 Å². The number of rotatable bonds is 12. The van der Waals surface area contributed by atoms with E-state index in [2.05, 4.69) is 22.5 Å². The second kappa shape index (κ2) is 19.5. The van der Waals surface area contributed by atoms with E-state index in [0.717, 1.165) is 22.3 Å². The van der Waals surface area contributed by atoms with E-state index in [-0.39, 0.29) is 29.4 Å². The number of likely N-dealkylation sites (N-methyl/N-ethyl adjacent to an activating group) is 2. The Morgan fingerprint density at radius 2 is 1.19 bits per heavy atom. The summed E-state index contributed by atoms with van der Waals surface area (Å²) in [7, 11) is 3.89. The van der Waals surface area contributed by atoms with E-state index < -0.39 is 31.2 Å². The van der Waals surface area contributed by atoms with Crippen LogP contribution in [0.2, 0.25) is 6.82 Å². The number of hydrogen-bond acceptors (Lipinski definition) is 7. The van der Waals surface area contributed by atoms with E-state index in [9.17, 15) is 29.0 Å². The molecule has 0 unspecified atom stereocenters. The number of likely N-dealkylation sites (tertiary alicyclic amines) is 2. The van der Waals surface area contributed by atoms with Gasteiger partial charge < -0.3 is 35.2 Å². The molecule has 2 heterocycles. The van der Waals surface area contributed by atoms with Crippen molar-refractivity contribution in [3.05, 3.63) is 131 Å². The third kappa shape index (κ3) is 10.5. The van der Waals surface area contributed by atoms with Crippen LogP contribution in [0.4, 0.5) is 16.2 Å². The standard InChI is InChI=1S/C45H50B2N6O6/c1-47(59)51(3)40(34-14-8-5-9-15-34)44(57)53-29-11-17-38(53)42(55)49-36-26-22-32(23-27-36)19-18-31-20-24-35(25-21-31)48-41(54)37-16-10-28-52(37)43(56)39(50(2)45(46)58)30-33-12-6-4-7-13-33/h4-9,12-15,20-27,37-40,59H,10-11,16-17,28-30,46H2,1-3H3,(H,48,54)(H,49,55)/t37-,38-,39-,40-/m0/s1. The van der Waals surface area contributed by atoms with Gasteiger partial charge in [-0.15, -0.1) is 0 Å². The largest absolute Gasteiger partial charge is 0.437 e. The minimum absolute atomic E-state index is 0.220. The van der Waals surface area contributed by atoms with Crippen molar-refractivity contribution in [2.24, 2.45) is 0 Å². The average Bonchev–Trinajstić information content (AvgIpc) is 3.95. The minimum atomic E-state index is -0.867. The van der Waals surface area contributed by atoms with Crippen LogP contribution in [0.25, 0.3) is 0 Å². The molecule has 12 nitrogen and oxygen atoms in total. The summed E-state index contributed by atoms with van der Waals surface area (Å²) < 4.78 is 0. The van der Waals surface area contributed by atoms with Crippen LogP contribution in [-0.4, -0.2) is 114 Å². The molecule has 2 aliphatic heterocycles. The zero-order valence-electron chi connectivity index (χ0n) is 34.0. The van der Waals surface area contributed by atoms with Crippen LogP contribution in [-0.2, 0) is 25.6 Å². The Morgan fingerprint density at radius 3 is 1.64 bits per heavy atom. The molecule has 0 radical (unpaired) electrons. The molecule has 3 N–H and O–H groups in total. The van der Waals surface area contributed by atoms with Gasteiger partial charge in [0.05, 0.1) is 0 Å². The summed E-state index contributed by atoms with van der Waals surface area (Å²) in [5.41, 5.74) is 4.31. The van der Waals surface area contributed by atoms with Crippen molar-refractivity contribution in [2.75, 3.05) is 37.8 Å². The van der Waals surface area contributed by atoms with Crippen LogP contribution < -0.4 is 10.6 Å². The Labute approximate surface area is 347 Å². The molecule has 4 aromatic carbocycles. The van der Waals surface area contributed by atoms with E-state index >= 15 is 0 Å². The topological polar surface area (TPSA) is 143 Å². The van der Waals surface area contributed by atoms with Gasteiger partial charge in [0.15, 0.2) is 5.81 Å². The fourth-order valence-electron chi connectivity index (χ4n) is 7.67. The van der Waals surface area contributed by atoms with Gasteiger partial charge in [0.2, 0.25) is 31.5 Å². The summed E-state index contributed by atoms with van der Waals surface area (Å²) in [6.07, 6.45) is 2.81. The Kier molecular flexibility index (Phi) is 14.0. The Balaban J connectivity index is 1.04. The maximum Gasteiger partial charge on any atom is 0.377 e. The van der Waals surface area contributed by atoms with Crippen LogP contribution in [0, 0.1) is 11.8 Å². The summed E-state index contributed by atoms with van der Waals surface area (Å²) in [5, 5.41) is 16.2. The first-order chi connectivity index (χ1) is 28.4. The lowest BCUT2D eigenvalue weighted by Gasteiger charge is -2.34. The van der Waals surface area contributed by atoms with Gasteiger partial charge in [-0.3, -0.25) is 24.0 Å². The molecule has 0 bridgehead atoms. The minimum Gasteiger partial charge on any atom is -0.437 e. The first-order valence-electron chi connectivity index (χ1n) is 20.1. The Morgan fingerprint density at radius 1 is 0.729 bits per heavy atom. The van der Waals surface area contributed by atoms with Crippen molar-refractivity contribution in [1.82, 2.24) is 19.5 Å². The number of nitrogens with zero attached hydrogens (tertiary/aromatic N) is 4. The van der Waals surface area contributed by atoms with Crippen LogP contribution >= 0.6 is 0 Å². The molecule has 2 saturated heterocycles. The molecular formula is C45H50B2N6O6. The lowest BCUT2D eigenvalue weighted by atomic mass is 9.82. The Bertz CT molecular complexity index is 2180. The summed E-state index contributed by atoms with van der Waals surface area (Å²) >= 11 is 0. The predicted octanol–water partition coefficient (Wildman–Crippen LogP) is 4.03. The van der Waals surface area contributed by atoms with Gasteiger partial charge in [0, 0.05) is 49.1 Å². The third-order valence-electron chi connectivity index (χ3n) is 11.2. The highest BCUT2D eigenvalue weighted by molar-refractivity contribution is 6.57. The summed E-state index contributed by atoms with van der Waals surface area (Å²) in [6, 6.07) is 30.4. The van der Waals surface area contributed by atoms with Gasteiger partial charge in [0.25, 0.3) is 0 Å². The summed E-state index contributed by atoms with van der Waals surface area (Å²) in [6.45, 7) is 2.50. The van der Waals surface area contributed by atoms with E-state index in [4.69, 9.17) is 0 Å². The molecule has 0 saturated carbocycles. The fraction of sp³-hybridized carbons (Fsp3) is 0.311. The van der Waals surface area contributed by atoms with Gasteiger partial charge in [-0.1, -0.05) is 72.5 Å². The fourth-order valence-corrected chi connectivity index (χ4v) is 7.67.